The molecule has 1 heterocycles. The molecule has 9 heteroatoms. The molecule has 26 heavy (non-hydrogen) atoms. The molecule has 3 N–H and O–H groups in total. The Kier molecular flexibility index (Phi) is 8.40. The number of likely N-dealkylation sites (N-methyl/N-ethyl adjacent to an activating group) is 1. The Morgan fingerprint density at radius 3 is 2.73 bits per heavy atom. The first kappa shape index (κ1) is 21.8. The van der Waals surface area contributed by atoms with Gasteiger partial charge in [0.05, 0.1) is 11.4 Å². The molecule has 1 rings (SSSR count). The van der Waals surface area contributed by atoms with Crippen LogP contribution >= 0.6 is 11.8 Å². The minimum absolute atomic E-state index is 0.114. The van der Waals surface area contributed by atoms with Crippen molar-refractivity contribution in [3.63, 3.8) is 0 Å². The highest BCUT2D eigenvalue weighted by Gasteiger charge is 2.24. The highest BCUT2D eigenvalue weighted by Crippen LogP contribution is 2.22. The molecule has 1 amide bonds. The maximum atomic E-state index is 13.9. The van der Waals surface area contributed by atoms with Crippen LogP contribution in [0, 0.1) is 5.82 Å². The Morgan fingerprint density at radius 1 is 1.50 bits per heavy atom. The van der Waals surface area contributed by atoms with Crippen LogP contribution in [0.4, 0.5) is 10.2 Å². The number of rotatable bonds is 8. The van der Waals surface area contributed by atoms with E-state index in [0.29, 0.717) is 12.4 Å². The van der Waals surface area contributed by atoms with E-state index < -0.39 is 11.4 Å². The zero-order chi connectivity index (χ0) is 19.7. The normalized spacial score (nSPS) is 12.7. The fourth-order valence-electron chi connectivity index (χ4n) is 1.96. The first-order valence-electron chi connectivity index (χ1n) is 7.89. The molecule has 1 aromatic heterocycles. The Labute approximate surface area is 156 Å². The van der Waals surface area contributed by atoms with E-state index in [9.17, 15) is 14.3 Å². The zero-order valence-electron chi connectivity index (χ0n) is 15.3. The predicted molar refractivity (Wildman–Crippen MR) is 105 cm³/mol. The minimum Gasteiger partial charge on any atom is -0.384 e. The number of halogens is 1. The maximum absolute atomic E-state index is 13.9. The van der Waals surface area contributed by atoms with Gasteiger partial charge >= 0.3 is 0 Å². The molecule has 0 atom stereocenters. The van der Waals surface area contributed by atoms with Crippen molar-refractivity contribution in [2.24, 2.45) is 9.98 Å². The fraction of sp³-hybridized carbons (Fsp3) is 0.412. The standard InChI is InChI=1S/C17H24FN5O2S/c1-6-20-16(24)11(9-19-4)15(21-10-26-5)23-13-8-7-12(18)14(22-13)17(2,3)25/h7-9,25H,4,6,10H2,1-3,5H3,(H,20,24)(H,21,22,23)/b11-9+. The van der Waals surface area contributed by atoms with Crippen molar-refractivity contribution in [1.29, 1.82) is 0 Å². The van der Waals surface area contributed by atoms with Gasteiger partial charge in [-0.3, -0.25) is 14.8 Å². The van der Waals surface area contributed by atoms with Crippen LogP contribution in [0.15, 0.2) is 33.9 Å². The molecule has 0 radical (unpaired) electrons. The number of pyridine rings is 1. The molecule has 0 aliphatic rings. The lowest BCUT2D eigenvalue weighted by Crippen LogP contribution is -2.31. The van der Waals surface area contributed by atoms with Crippen LogP contribution in [0.2, 0.25) is 0 Å². The number of nitrogens with one attached hydrogen (secondary N) is 2. The fourth-order valence-corrected chi connectivity index (χ4v) is 2.22. The first-order chi connectivity index (χ1) is 12.2. The van der Waals surface area contributed by atoms with Gasteiger partial charge in [0.15, 0.2) is 0 Å². The summed E-state index contributed by atoms with van der Waals surface area (Å²) >= 11 is 1.46. The number of nitrogens with zero attached hydrogens (tertiary/aromatic N) is 3. The van der Waals surface area contributed by atoms with E-state index in [2.05, 4.69) is 32.3 Å². The molecular weight excluding hydrogens is 357 g/mol. The lowest BCUT2D eigenvalue weighted by molar-refractivity contribution is -0.116. The van der Waals surface area contributed by atoms with Crippen molar-refractivity contribution in [2.75, 3.05) is 24.0 Å². The van der Waals surface area contributed by atoms with E-state index in [1.54, 1.807) is 6.92 Å². The number of hydrogen-bond acceptors (Lipinski definition) is 6. The van der Waals surface area contributed by atoms with Gasteiger partial charge in [0, 0.05) is 12.7 Å². The van der Waals surface area contributed by atoms with Gasteiger partial charge in [0.1, 0.15) is 28.8 Å². The van der Waals surface area contributed by atoms with Gasteiger partial charge in [-0.1, -0.05) is 0 Å². The van der Waals surface area contributed by atoms with Crippen molar-refractivity contribution in [3.05, 3.63) is 35.4 Å². The number of aliphatic hydroxyl groups is 1. The molecule has 0 aliphatic carbocycles. The van der Waals surface area contributed by atoms with Crippen molar-refractivity contribution < 1.29 is 14.3 Å². The molecule has 0 spiro atoms. The largest absolute Gasteiger partial charge is 0.384 e. The smallest absolute Gasteiger partial charge is 0.256 e. The predicted octanol–water partition coefficient (Wildman–Crippen LogP) is 2.30. The third-order valence-electron chi connectivity index (χ3n) is 3.08. The molecule has 0 aromatic carbocycles. The maximum Gasteiger partial charge on any atom is 0.256 e. The van der Waals surface area contributed by atoms with E-state index in [1.165, 1.54) is 43.9 Å². The second-order valence-corrected chi connectivity index (χ2v) is 6.56. The summed E-state index contributed by atoms with van der Waals surface area (Å²) in [6.07, 6.45) is 3.16. The van der Waals surface area contributed by atoms with Gasteiger partial charge in [-0.2, -0.15) is 0 Å². The molecule has 0 bridgehead atoms. The van der Waals surface area contributed by atoms with Crippen molar-refractivity contribution in [1.82, 2.24) is 10.3 Å². The molecule has 0 aliphatic heterocycles. The highest BCUT2D eigenvalue weighted by molar-refractivity contribution is 7.98. The molecular formula is C17H24FN5O2S. The summed E-state index contributed by atoms with van der Waals surface area (Å²) < 4.78 is 13.9. The van der Waals surface area contributed by atoms with E-state index in [-0.39, 0.29) is 28.8 Å². The van der Waals surface area contributed by atoms with Crippen LogP contribution in [0.25, 0.3) is 0 Å². The van der Waals surface area contributed by atoms with Gasteiger partial charge in [0.25, 0.3) is 5.91 Å². The molecule has 0 saturated heterocycles. The number of amidine groups is 1. The summed E-state index contributed by atoms with van der Waals surface area (Å²) in [5, 5.41) is 15.6. The molecule has 0 saturated carbocycles. The van der Waals surface area contributed by atoms with Gasteiger partial charge in [0.2, 0.25) is 0 Å². The van der Waals surface area contributed by atoms with E-state index in [0.717, 1.165) is 0 Å². The highest BCUT2D eigenvalue weighted by atomic mass is 32.2. The van der Waals surface area contributed by atoms with Gasteiger partial charge < -0.3 is 15.7 Å². The first-order valence-corrected chi connectivity index (χ1v) is 9.28. The summed E-state index contributed by atoms with van der Waals surface area (Å²) in [7, 11) is 0. The Morgan fingerprint density at radius 2 is 2.19 bits per heavy atom. The Balaban J connectivity index is 3.29. The average molecular weight is 381 g/mol. The summed E-state index contributed by atoms with van der Waals surface area (Å²) in [6.45, 7) is 8.48. The summed E-state index contributed by atoms with van der Waals surface area (Å²) in [4.78, 5) is 24.4. The third kappa shape index (κ3) is 6.23. The van der Waals surface area contributed by atoms with Crippen molar-refractivity contribution >= 4 is 36.0 Å². The average Bonchev–Trinajstić information content (AvgIpc) is 2.57. The molecule has 1 aromatic rings. The molecule has 7 nitrogen and oxygen atoms in total. The van der Waals surface area contributed by atoms with Gasteiger partial charge in [-0.25, -0.2) is 9.37 Å². The molecule has 0 unspecified atom stereocenters. The van der Waals surface area contributed by atoms with Gasteiger partial charge in [-0.15, -0.1) is 11.8 Å². The van der Waals surface area contributed by atoms with E-state index in [4.69, 9.17) is 0 Å². The monoisotopic (exact) mass is 381 g/mol. The van der Waals surface area contributed by atoms with Crippen LogP contribution in [-0.4, -0.2) is 47.2 Å². The number of amides is 1. The van der Waals surface area contributed by atoms with Crippen molar-refractivity contribution in [3.8, 4) is 0 Å². The van der Waals surface area contributed by atoms with Crippen LogP contribution in [0.5, 0.6) is 0 Å². The zero-order valence-corrected chi connectivity index (χ0v) is 16.2. The van der Waals surface area contributed by atoms with Crippen LogP contribution < -0.4 is 10.6 Å². The lowest BCUT2D eigenvalue weighted by atomic mass is 10.0. The van der Waals surface area contributed by atoms with Crippen LogP contribution in [-0.2, 0) is 10.4 Å². The van der Waals surface area contributed by atoms with Gasteiger partial charge in [-0.05, 0) is 45.9 Å². The molecule has 0 fully saturated rings. The van der Waals surface area contributed by atoms with Crippen molar-refractivity contribution in [2.45, 2.75) is 26.4 Å². The molecule has 142 valence electrons. The summed E-state index contributed by atoms with van der Waals surface area (Å²) in [5.74, 6) is -0.161. The van der Waals surface area contributed by atoms with E-state index in [1.807, 2.05) is 6.26 Å². The van der Waals surface area contributed by atoms with Crippen LogP contribution in [0.1, 0.15) is 26.5 Å². The summed E-state index contributed by atoms with van der Waals surface area (Å²) in [5.41, 5.74) is -1.40. The SMILES string of the molecule is C=N/C=C(C(=O)NCC)\C(=N/CSC)Nc1ccc(F)c(C(C)(C)O)n1. The third-order valence-corrected chi connectivity index (χ3v) is 3.47. The van der Waals surface area contributed by atoms with Crippen LogP contribution in [0.3, 0.4) is 0 Å². The quantitative estimate of drug-likeness (QED) is 0.365. The summed E-state index contributed by atoms with van der Waals surface area (Å²) in [6, 6.07) is 2.59. The second-order valence-electron chi connectivity index (χ2n) is 5.72. The number of hydrogen-bond donors (Lipinski definition) is 3. The number of thioether (sulfide) groups is 1. The lowest BCUT2D eigenvalue weighted by Gasteiger charge is -2.19. The minimum atomic E-state index is -1.46. The number of aromatic nitrogens is 1. The Hall–Kier alpha value is -2.26. The number of anilines is 1. The number of carbonyl (C=O) groups excluding carboxylic acids is 1. The Bertz CT molecular complexity index is 714. The topological polar surface area (TPSA) is 99.0 Å². The number of aliphatic imine (C=N–C) groups is 2. The van der Waals surface area contributed by atoms with E-state index >= 15 is 0 Å². The number of carbonyl (C=O) groups is 1. The second kappa shape index (κ2) is 10.0.